The van der Waals surface area contributed by atoms with Crippen molar-refractivity contribution in [2.75, 3.05) is 26.9 Å². The Morgan fingerprint density at radius 3 is 2.06 bits per heavy atom. The monoisotopic (exact) mass is 706 g/mol. The molecule has 0 radical (unpaired) electrons. The van der Waals surface area contributed by atoms with Gasteiger partial charge >= 0.3 is 24.3 Å². The number of aromatic nitrogens is 5. The van der Waals surface area contributed by atoms with Crippen molar-refractivity contribution in [3.05, 3.63) is 58.3 Å². The zero-order chi connectivity index (χ0) is 36.9. The third-order valence-corrected chi connectivity index (χ3v) is 6.83. The van der Waals surface area contributed by atoms with Crippen LogP contribution in [0.5, 0.6) is 5.75 Å². The molecular formula is C28H29ClF6N8O5. The molecule has 3 aromatic heterocycles. The van der Waals surface area contributed by atoms with E-state index in [0.717, 1.165) is 33.3 Å². The van der Waals surface area contributed by atoms with E-state index in [9.17, 15) is 26.3 Å². The molecule has 260 valence electrons. The number of nitrogen functional groups attached to an aromatic ring is 1. The molecule has 0 aliphatic carbocycles. The summed E-state index contributed by atoms with van der Waals surface area (Å²) in [5.74, 6) is -4.14. The Labute approximate surface area is 273 Å². The molecule has 1 atom stereocenters. The summed E-state index contributed by atoms with van der Waals surface area (Å²) in [4.78, 5) is 32.4. The molecular weight excluding hydrogens is 678 g/mol. The number of anilines is 1. The highest BCUT2D eigenvalue weighted by molar-refractivity contribution is 6.32. The maximum atomic E-state index is 10.6. The first-order valence-corrected chi connectivity index (χ1v) is 13.6. The van der Waals surface area contributed by atoms with Crippen LogP contribution in [0.3, 0.4) is 0 Å². The minimum atomic E-state index is -5.08. The lowest BCUT2D eigenvalue weighted by Gasteiger charge is -2.22. The van der Waals surface area contributed by atoms with Gasteiger partial charge in [-0.15, -0.1) is 0 Å². The van der Waals surface area contributed by atoms with Crippen LogP contribution in [0.15, 0.2) is 30.7 Å². The van der Waals surface area contributed by atoms with Crippen molar-refractivity contribution in [1.82, 2.24) is 29.6 Å². The van der Waals surface area contributed by atoms with Crippen LogP contribution in [0.4, 0.5) is 32.2 Å². The van der Waals surface area contributed by atoms with Crippen molar-refractivity contribution in [1.29, 1.82) is 5.41 Å². The van der Waals surface area contributed by atoms with Gasteiger partial charge in [0.05, 0.1) is 24.2 Å². The summed E-state index contributed by atoms with van der Waals surface area (Å²) in [7, 11) is 5.27. The van der Waals surface area contributed by atoms with E-state index in [1.54, 1.807) is 18.2 Å². The number of aryl methyl sites for hydroxylation is 1. The van der Waals surface area contributed by atoms with Crippen LogP contribution in [-0.2, 0) is 9.59 Å². The van der Waals surface area contributed by atoms with Crippen molar-refractivity contribution >= 4 is 46.2 Å². The summed E-state index contributed by atoms with van der Waals surface area (Å²) >= 11 is 6.73. The van der Waals surface area contributed by atoms with E-state index < -0.39 is 24.3 Å². The van der Waals surface area contributed by atoms with E-state index in [1.807, 2.05) is 57.7 Å². The first kappa shape index (κ1) is 39.0. The van der Waals surface area contributed by atoms with Crippen LogP contribution < -0.4 is 10.5 Å². The third-order valence-electron chi connectivity index (χ3n) is 6.44. The van der Waals surface area contributed by atoms with Crippen LogP contribution in [0.25, 0.3) is 22.2 Å². The Bertz CT molecular complexity index is 1800. The maximum absolute atomic E-state index is 10.6. The van der Waals surface area contributed by atoms with Crippen molar-refractivity contribution in [3.8, 4) is 16.9 Å². The average Bonchev–Trinajstić information content (AvgIpc) is 3.34. The molecule has 0 spiro atoms. The zero-order valence-electron chi connectivity index (χ0n) is 26.0. The quantitative estimate of drug-likeness (QED) is 0.116. The topological polar surface area (TPSA) is 193 Å². The maximum Gasteiger partial charge on any atom is 0.490 e. The number of rotatable bonds is 5. The number of pyridine rings is 1. The van der Waals surface area contributed by atoms with Gasteiger partial charge in [-0.1, -0.05) is 11.6 Å². The van der Waals surface area contributed by atoms with Gasteiger partial charge in [0.2, 0.25) is 0 Å². The Morgan fingerprint density at radius 2 is 1.58 bits per heavy atom. The number of hydrogen-bond acceptors (Lipinski definition) is 9. The van der Waals surface area contributed by atoms with Gasteiger partial charge in [-0.25, -0.2) is 24.2 Å². The van der Waals surface area contributed by atoms with Gasteiger partial charge in [-0.2, -0.15) is 31.4 Å². The second kappa shape index (κ2) is 15.1. The SMILES string of the molecule is COc1c(C(C)n2nc(C)c3c(N)ncnc32)cc(Cl)c(C)c1-c1ccnc(C(=N)N(C)C)c1.O=C(O)C(F)(F)F.O=C(O)C(F)(F)F. The van der Waals surface area contributed by atoms with Gasteiger partial charge in [-0.05, 0) is 50.1 Å². The van der Waals surface area contributed by atoms with Crippen LogP contribution in [-0.4, -0.2) is 91.2 Å². The molecule has 0 fully saturated rings. The number of amidine groups is 1. The fourth-order valence-corrected chi connectivity index (χ4v) is 4.35. The molecule has 4 rings (SSSR count). The molecule has 0 amide bonds. The second-order valence-corrected chi connectivity index (χ2v) is 10.3. The highest BCUT2D eigenvalue weighted by Gasteiger charge is 2.39. The third kappa shape index (κ3) is 8.99. The van der Waals surface area contributed by atoms with Gasteiger partial charge < -0.3 is 25.6 Å². The Hall–Kier alpha value is -5.20. The molecule has 1 aromatic carbocycles. The van der Waals surface area contributed by atoms with E-state index in [2.05, 4.69) is 15.0 Å². The number of aliphatic carboxylic acids is 2. The number of nitrogens with zero attached hydrogens (tertiary/aromatic N) is 6. The number of ether oxygens (including phenoxy) is 1. The average molecular weight is 707 g/mol. The summed E-state index contributed by atoms with van der Waals surface area (Å²) in [6.45, 7) is 5.85. The lowest BCUT2D eigenvalue weighted by atomic mass is 9.94. The summed E-state index contributed by atoms with van der Waals surface area (Å²) in [6.07, 6.45) is -7.04. The fraction of sp³-hybridized carbons (Fsp3) is 0.321. The number of halogens is 7. The summed E-state index contributed by atoms with van der Waals surface area (Å²) in [5, 5.41) is 28.6. The minimum Gasteiger partial charge on any atom is -0.496 e. The molecule has 0 aliphatic rings. The van der Waals surface area contributed by atoms with Crippen LogP contribution in [0.2, 0.25) is 5.02 Å². The molecule has 48 heavy (non-hydrogen) atoms. The summed E-state index contributed by atoms with van der Waals surface area (Å²) in [6, 6.07) is 5.41. The molecule has 5 N–H and O–H groups in total. The van der Waals surface area contributed by atoms with E-state index >= 15 is 0 Å². The van der Waals surface area contributed by atoms with Gasteiger partial charge in [-0.3, -0.25) is 10.4 Å². The normalized spacial score (nSPS) is 11.9. The number of carbonyl (C=O) groups is 2. The highest BCUT2D eigenvalue weighted by atomic mass is 35.5. The molecule has 0 bridgehead atoms. The fourth-order valence-electron chi connectivity index (χ4n) is 4.14. The lowest BCUT2D eigenvalue weighted by Crippen LogP contribution is -2.22. The van der Waals surface area contributed by atoms with Crippen molar-refractivity contribution < 1.29 is 50.9 Å². The van der Waals surface area contributed by atoms with Gasteiger partial charge in [0.1, 0.15) is 29.4 Å². The van der Waals surface area contributed by atoms with E-state index in [4.69, 9.17) is 52.4 Å². The standard InChI is InChI=1S/C24H27ClN8O.2C2HF3O2/c1-12-17(25)10-16(14(3)33-24-20(13(2)31-33)22(26)29-11-30-24)21(34-6)19(12)15-7-8-28-18(9-15)23(27)32(4)5;2*3-2(4,5)1(6)7/h7-11,14,27H,1-6H3,(H2,26,29,30);2*(H,6,7). The molecule has 0 saturated carbocycles. The zero-order valence-corrected chi connectivity index (χ0v) is 26.7. The van der Waals surface area contributed by atoms with Crippen molar-refractivity contribution in [3.63, 3.8) is 0 Å². The van der Waals surface area contributed by atoms with Crippen molar-refractivity contribution in [2.24, 2.45) is 0 Å². The predicted octanol–water partition coefficient (Wildman–Crippen LogP) is 5.51. The number of nitrogens with one attached hydrogen (secondary N) is 1. The Kier molecular flexibility index (Phi) is 12.3. The molecule has 13 nitrogen and oxygen atoms in total. The Morgan fingerprint density at radius 1 is 1.04 bits per heavy atom. The molecule has 20 heteroatoms. The predicted molar refractivity (Wildman–Crippen MR) is 162 cm³/mol. The number of fused-ring (bicyclic) bond motifs is 1. The van der Waals surface area contributed by atoms with Crippen LogP contribution in [0.1, 0.15) is 35.5 Å². The number of methoxy groups -OCH3 is 1. The summed E-state index contributed by atoms with van der Waals surface area (Å²) in [5.41, 5.74) is 11.5. The first-order valence-electron chi connectivity index (χ1n) is 13.2. The first-order chi connectivity index (χ1) is 22.0. The van der Waals surface area contributed by atoms with E-state index in [-0.39, 0.29) is 6.04 Å². The minimum absolute atomic E-state index is 0.265. The smallest absolute Gasteiger partial charge is 0.490 e. The van der Waals surface area contributed by atoms with Gasteiger partial charge in [0.15, 0.2) is 5.65 Å². The number of nitrogens with two attached hydrogens (primary N) is 1. The molecule has 3 heterocycles. The van der Waals surface area contributed by atoms with E-state index in [1.165, 1.54) is 6.33 Å². The van der Waals surface area contributed by atoms with E-state index in [0.29, 0.717) is 33.8 Å². The van der Waals surface area contributed by atoms with Crippen LogP contribution in [0, 0.1) is 19.3 Å². The molecule has 1 unspecified atom stereocenters. The summed E-state index contributed by atoms with van der Waals surface area (Å²) < 4.78 is 71.2. The largest absolute Gasteiger partial charge is 0.496 e. The number of hydrogen-bond donors (Lipinski definition) is 4. The molecule has 0 aliphatic heterocycles. The Balaban J connectivity index is 0.000000479. The number of alkyl halides is 6. The molecule has 4 aromatic rings. The second-order valence-electron chi connectivity index (χ2n) is 9.92. The van der Waals surface area contributed by atoms with Gasteiger partial charge in [0.25, 0.3) is 0 Å². The molecule has 0 saturated heterocycles. The highest BCUT2D eigenvalue weighted by Crippen LogP contribution is 2.43. The number of carboxylic acids is 2. The number of carboxylic acid groups (broad SMARTS) is 2. The van der Waals surface area contributed by atoms with Gasteiger partial charge in [0, 0.05) is 36.4 Å². The lowest BCUT2D eigenvalue weighted by molar-refractivity contribution is -0.193. The van der Waals surface area contributed by atoms with Crippen LogP contribution >= 0.6 is 11.6 Å². The number of benzene rings is 1. The van der Waals surface area contributed by atoms with Crippen molar-refractivity contribution in [2.45, 2.75) is 39.2 Å².